The molecular formula is C17H12Br2O3. The van der Waals surface area contributed by atoms with E-state index in [2.05, 4.69) is 31.9 Å². The molecule has 0 heterocycles. The molecule has 22 heavy (non-hydrogen) atoms. The molecule has 3 nitrogen and oxygen atoms in total. The maximum absolute atomic E-state index is 12.3. The molecule has 0 amide bonds. The normalized spacial score (nSPS) is 10.9. The number of rotatable bonds is 3. The zero-order valence-electron chi connectivity index (χ0n) is 11.6. The fraction of sp³-hybridized carbons (Fsp3) is 0.0588. The summed E-state index contributed by atoms with van der Waals surface area (Å²) in [5, 5.41) is 9.97. The van der Waals surface area contributed by atoms with E-state index in [-0.39, 0.29) is 10.0 Å². The number of halogens is 2. The molecule has 0 saturated carbocycles. The monoisotopic (exact) mass is 422 g/mol. The molecule has 0 unspecified atom stereocenters. The molecule has 0 aliphatic rings. The number of ketones is 1. The molecule has 2 aromatic rings. The van der Waals surface area contributed by atoms with Gasteiger partial charge in [-0.3, -0.25) is 9.59 Å². The number of allylic oxidation sites excluding steroid dienone is 1. The molecule has 0 radical (unpaired) electrons. The van der Waals surface area contributed by atoms with Gasteiger partial charge in [0.05, 0.1) is 10.0 Å². The minimum Gasteiger partial charge on any atom is -0.504 e. The van der Waals surface area contributed by atoms with Gasteiger partial charge in [0.2, 0.25) is 5.43 Å². The van der Waals surface area contributed by atoms with Crippen molar-refractivity contribution in [3.8, 4) is 5.75 Å². The first-order valence-electron chi connectivity index (χ1n) is 6.40. The second-order valence-corrected chi connectivity index (χ2v) is 6.44. The number of benzene rings is 1. The predicted octanol–water partition coefficient (Wildman–Crippen LogP) is 4.48. The summed E-state index contributed by atoms with van der Waals surface area (Å²) in [6.07, 6.45) is 3.01. The number of aromatic hydroxyl groups is 1. The third kappa shape index (κ3) is 3.72. The van der Waals surface area contributed by atoms with Crippen LogP contribution in [0, 0.1) is 6.92 Å². The van der Waals surface area contributed by atoms with Crippen LogP contribution >= 0.6 is 31.9 Å². The van der Waals surface area contributed by atoms with Gasteiger partial charge in [-0.15, -0.1) is 0 Å². The van der Waals surface area contributed by atoms with Crippen LogP contribution in [0.5, 0.6) is 5.75 Å². The molecule has 0 spiro atoms. The quantitative estimate of drug-likeness (QED) is 0.584. The maximum Gasteiger partial charge on any atom is 0.235 e. The van der Waals surface area contributed by atoms with Crippen molar-refractivity contribution < 1.29 is 9.90 Å². The van der Waals surface area contributed by atoms with Crippen LogP contribution < -0.4 is 5.43 Å². The molecule has 0 aromatic heterocycles. The van der Waals surface area contributed by atoms with Gasteiger partial charge in [-0.2, -0.15) is 0 Å². The van der Waals surface area contributed by atoms with E-state index in [1.165, 1.54) is 18.2 Å². The van der Waals surface area contributed by atoms with Gasteiger partial charge in [-0.1, -0.05) is 46.3 Å². The number of aryl methyl sites for hydroxylation is 1. The number of hydrogen-bond donors (Lipinski definition) is 1. The molecule has 5 heteroatoms. The van der Waals surface area contributed by atoms with Crippen LogP contribution in [0.2, 0.25) is 0 Å². The fourth-order valence-corrected chi connectivity index (χ4v) is 3.09. The Morgan fingerprint density at radius 2 is 1.86 bits per heavy atom. The van der Waals surface area contributed by atoms with Crippen molar-refractivity contribution in [2.45, 2.75) is 6.92 Å². The summed E-state index contributed by atoms with van der Waals surface area (Å²) in [5.74, 6) is -1.02. The first kappa shape index (κ1) is 16.6. The molecule has 0 aliphatic carbocycles. The Kier molecular flexibility index (Phi) is 5.32. The molecule has 0 atom stereocenters. The van der Waals surface area contributed by atoms with E-state index in [0.29, 0.717) is 4.47 Å². The van der Waals surface area contributed by atoms with Gasteiger partial charge in [-0.05, 0) is 52.2 Å². The Bertz CT molecular complexity index is 826. The SMILES string of the molecule is Cc1ccccc1/C=C/C(=O)c1cc(Br)cc(Br)c(=O)c1O. The molecule has 1 N–H and O–H groups in total. The molecular weight excluding hydrogens is 412 g/mol. The van der Waals surface area contributed by atoms with Crippen molar-refractivity contribution in [1.82, 2.24) is 0 Å². The van der Waals surface area contributed by atoms with E-state index < -0.39 is 17.0 Å². The van der Waals surface area contributed by atoms with Crippen molar-refractivity contribution in [3.05, 3.63) is 78.3 Å². The Morgan fingerprint density at radius 3 is 2.55 bits per heavy atom. The van der Waals surface area contributed by atoms with Crippen LogP contribution in [0.4, 0.5) is 0 Å². The Labute approximate surface area is 144 Å². The summed E-state index contributed by atoms with van der Waals surface area (Å²) < 4.78 is 0.697. The van der Waals surface area contributed by atoms with Gasteiger partial charge >= 0.3 is 0 Å². The standard InChI is InChI=1S/C17H12Br2O3/c1-10-4-2-3-5-11(10)6-7-15(20)13-8-12(18)9-14(19)17(22)16(13)21/h2-9H,1H3,(H,21,22)/b7-6+. The van der Waals surface area contributed by atoms with Crippen molar-refractivity contribution in [3.63, 3.8) is 0 Å². The van der Waals surface area contributed by atoms with Crippen LogP contribution in [0.25, 0.3) is 6.08 Å². The van der Waals surface area contributed by atoms with Crippen molar-refractivity contribution >= 4 is 43.7 Å². The van der Waals surface area contributed by atoms with Crippen LogP contribution in [0.1, 0.15) is 21.5 Å². The molecule has 0 bridgehead atoms. The van der Waals surface area contributed by atoms with E-state index in [1.54, 1.807) is 6.08 Å². The highest BCUT2D eigenvalue weighted by Crippen LogP contribution is 2.21. The summed E-state index contributed by atoms with van der Waals surface area (Å²) in [6, 6.07) is 10.5. The number of hydrogen-bond acceptors (Lipinski definition) is 3. The van der Waals surface area contributed by atoms with E-state index in [9.17, 15) is 14.7 Å². The summed E-state index contributed by atoms with van der Waals surface area (Å²) in [7, 11) is 0. The molecule has 112 valence electrons. The molecule has 0 aliphatic heterocycles. The highest BCUT2D eigenvalue weighted by molar-refractivity contribution is 9.11. The van der Waals surface area contributed by atoms with Crippen molar-refractivity contribution in [2.24, 2.45) is 0 Å². The largest absolute Gasteiger partial charge is 0.504 e. The number of carbonyl (C=O) groups is 1. The Balaban J connectivity index is 2.46. The Hall–Kier alpha value is -1.72. The molecule has 0 fully saturated rings. The zero-order valence-corrected chi connectivity index (χ0v) is 14.8. The first-order chi connectivity index (χ1) is 10.4. The zero-order chi connectivity index (χ0) is 16.3. The Morgan fingerprint density at radius 1 is 1.18 bits per heavy atom. The topological polar surface area (TPSA) is 54.4 Å². The van der Waals surface area contributed by atoms with E-state index in [1.807, 2.05) is 31.2 Å². The number of carbonyl (C=O) groups excluding carboxylic acids is 1. The lowest BCUT2D eigenvalue weighted by atomic mass is 10.1. The maximum atomic E-state index is 12.3. The lowest BCUT2D eigenvalue weighted by Gasteiger charge is -1.99. The van der Waals surface area contributed by atoms with Crippen LogP contribution in [0.3, 0.4) is 0 Å². The average Bonchev–Trinajstić information content (AvgIpc) is 2.58. The average molecular weight is 424 g/mol. The second-order valence-electron chi connectivity index (χ2n) is 4.67. The van der Waals surface area contributed by atoms with Crippen LogP contribution in [-0.2, 0) is 0 Å². The molecule has 2 rings (SSSR count). The molecule has 0 saturated heterocycles. The van der Waals surface area contributed by atoms with Crippen LogP contribution in [0.15, 0.2) is 56.2 Å². The minimum atomic E-state index is -0.627. The van der Waals surface area contributed by atoms with Crippen molar-refractivity contribution in [1.29, 1.82) is 0 Å². The lowest BCUT2D eigenvalue weighted by molar-refractivity contribution is 0.104. The van der Waals surface area contributed by atoms with Gasteiger partial charge in [0.1, 0.15) is 0 Å². The van der Waals surface area contributed by atoms with Gasteiger partial charge in [0.25, 0.3) is 0 Å². The summed E-state index contributed by atoms with van der Waals surface area (Å²) in [5.41, 5.74) is 1.26. The smallest absolute Gasteiger partial charge is 0.235 e. The van der Waals surface area contributed by atoms with Gasteiger partial charge in [0.15, 0.2) is 11.5 Å². The van der Waals surface area contributed by atoms with Crippen molar-refractivity contribution in [2.75, 3.05) is 0 Å². The van der Waals surface area contributed by atoms with E-state index >= 15 is 0 Å². The summed E-state index contributed by atoms with van der Waals surface area (Å²) in [4.78, 5) is 24.2. The highest BCUT2D eigenvalue weighted by atomic mass is 79.9. The summed E-state index contributed by atoms with van der Waals surface area (Å²) in [6.45, 7) is 1.94. The van der Waals surface area contributed by atoms with E-state index in [4.69, 9.17) is 0 Å². The van der Waals surface area contributed by atoms with Gasteiger partial charge in [-0.25, -0.2) is 0 Å². The first-order valence-corrected chi connectivity index (χ1v) is 7.99. The summed E-state index contributed by atoms with van der Waals surface area (Å²) >= 11 is 6.29. The van der Waals surface area contributed by atoms with Gasteiger partial charge < -0.3 is 5.11 Å². The highest BCUT2D eigenvalue weighted by Gasteiger charge is 2.13. The van der Waals surface area contributed by atoms with Crippen LogP contribution in [-0.4, -0.2) is 10.9 Å². The predicted molar refractivity (Wildman–Crippen MR) is 94.3 cm³/mol. The third-order valence-corrected chi connectivity index (χ3v) is 4.15. The lowest BCUT2D eigenvalue weighted by Crippen LogP contribution is -2.03. The van der Waals surface area contributed by atoms with Gasteiger partial charge in [0, 0.05) is 4.47 Å². The minimum absolute atomic E-state index is 0.0487. The van der Waals surface area contributed by atoms with E-state index in [0.717, 1.165) is 11.1 Å². The molecule has 2 aromatic carbocycles. The fourth-order valence-electron chi connectivity index (χ4n) is 1.89. The second kappa shape index (κ2) is 7.03. The third-order valence-electron chi connectivity index (χ3n) is 3.10.